The van der Waals surface area contributed by atoms with Gasteiger partial charge in [0.05, 0.1) is 5.69 Å². The monoisotopic (exact) mass is 664 g/mol. The van der Waals surface area contributed by atoms with Crippen LogP contribution in [0.25, 0.3) is 43.8 Å². The molecule has 2 heteroatoms. The number of nitrogens with zero attached hydrogens (tertiary/aromatic N) is 2. The van der Waals surface area contributed by atoms with E-state index in [1.807, 2.05) is 0 Å². The zero-order chi connectivity index (χ0) is 34.7. The molecule has 0 spiro atoms. The van der Waals surface area contributed by atoms with Crippen LogP contribution in [-0.2, 0) is 0 Å². The second kappa shape index (κ2) is 13.8. The van der Waals surface area contributed by atoms with E-state index >= 15 is 0 Å². The van der Waals surface area contributed by atoms with Crippen molar-refractivity contribution in [1.29, 1.82) is 0 Å². The number of hydrogen-bond donors (Lipinski definition) is 0. The van der Waals surface area contributed by atoms with E-state index in [1.54, 1.807) is 0 Å². The third kappa shape index (κ3) is 5.97. The van der Waals surface area contributed by atoms with Crippen LogP contribution in [0.4, 0.5) is 34.1 Å². The van der Waals surface area contributed by atoms with Gasteiger partial charge in [0.25, 0.3) is 0 Å². The Labute approximate surface area is 305 Å². The maximum absolute atomic E-state index is 2.37. The Morgan fingerprint density at radius 3 is 1.37 bits per heavy atom. The molecule has 0 saturated heterocycles. The van der Waals surface area contributed by atoms with Crippen LogP contribution in [0.15, 0.2) is 218 Å². The molecule has 0 fully saturated rings. The molecule has 0 aliphatic carbocycles. The van der Waals surface area contributed by atoms with E-state index in [2.05, 4.69) is 228 Å². The highest BCUT2D eigenvalue weighted by molar-refractivity contribution is 6.01. The predicted octanol–water partition coefficient (Wildman–Crippen LogP) is 14.3. The molecule has 0 heterocycles. The molecule has 0 unspecified atom stereocenters. The topological polar surface area (TPSA) is 6.48 Å². The summed E-state index contributed by atoms with van der Waals surface area (Å²) in [6.07, 6.45) is 0. The molecule has 9 rings (SSSR count). The van der Waals surface area contributed by atoms with E-state index in [9.17, 15) is 0 Å². The van der Waals surface area contributed by atoms with Gasteiger partial charge in [0.1, 0.15) is 0 Å². The van der Waals surface area contributed by atoms with Crippen molar-refractivity contribution in [3.63, 3.8) is 0 Å². The van der Waals surface area contributed by atoms with E-state index in [0.29, 0.717) is 0 Å². The van der Waals surface area contributed by atoms with Crippen LogP contribution in [0.5, 0.6) is 0 Å². The summed E-state index contributed by atoms with van der Waals surface area (Å²) in [5.74, 6) is 0. The molecule has 52 heavy (non-hydrogen) atoms. The lowest BCUT2D eigenvalue weighted by molar-refractivity contribution is 1.28. The lowest BCUT2D eigenvalue weighted by atomic mass is 9.97. The maximum Gasteiger partial charge on any atom is 0.0540 e. The minimum Gasteiger partial charge on any atom is -0.311 e. The van der Waals surface area contributed by atoms with Crippen LogP contribution in [0.2, 0.25) is 0 Å². The molecule has 9 aromatic carbocycles. The fraction of sp³-hybridized carbons (Fsp3) is 0. The van der Waals surface area contributed by atoms with Crippen molar-refractivity contribution >= 4 is 55.7 Å². The van der Waals surface area contributed by atoms with Gasteiger partial charge in [-0.05, 0) is 111 Å². The molecule has 2 nitrogen and oxygen atoms in total. The minimum absolute atomic E-state index is 1.11. The number of hydrogen-bond acceptors (Lipinski definition) is 2. The highest BCUT2D eigenvalue weighted by Gasteiger charge is 2.17. The molecule has 9 aromatic rings. The Morgan fingerprint density at radius 1 is 0.250 bits per heavy atom. The molecule has 0 amide bonds. The summed E-state index contributed by atoms with van der Waals surface area (Å²) in [5.41, 5.74) is 11.6. The Bertz CT molecular complexity index is 2550. The smallest absolute Gasteiger partial charge is 0.0540 e. The van der Waals surface area contributed by atoms with E-state index in [1.165, 1.54) is 43.8 Å². The SMILES string of the molecule is c1ccc(N(c2ccccc2)c2ccc(-c3ccc4c(N(c5ccccc5)c5ccc(-c6cccc7ccccc67)cc5)cccc4c3)cc2)cc1. The highest BCUT2D eigenvalue weighted by atomic mass is 15.1. The Balaban J connectivity index is 1.07. The molecule has 0 aliphatic rings. The van der Waals surface area contributed by atoms with Crippen molar-refractivity contribution in [3.8, 4) is 22.3 Å². The third-order valence-electron chi connectivity index (χ3n) is 9.83. The molecule has 246 valence electrons. The molecule has 0 aliphatic heterocycles. The van der Waals surface area contributed by atoms with Crippen LogP contribution < -0.4 is 9.80 Å². The van der Waals surface area contributed by atoms with Gasteiger partial charge in [-0.15, -0.1) is 0 Å². The number of anilines is 6. The lowest BCUT2D eigenvalue weighted by Gasteiger charge is -2.27. The summed E-state index contributed by atoms with van der Waals surface area (Å²) in [6, 6.07) is 78.2. The van der Waals surface area contributed by atoms with E-state index in [0.717, 1.165) is 34.1 Å². The van der Waals surface area contributed by atoms with E-state index < -0.39 is 0 Å². The Hall–Kier alpha value is -6.90. The van der Waals surface area contributed by atoms with Gasteiger partial charge < -0.3 is 9.80 Å². The van der Waals surface area contributed by atoms with Crippen LogP contribution in [0, 0.1) is 0 Å². The molecule has 0 atom stereocenters. The molecular formula is C50H36N2. The number of benzene rings is 9. The maximum atomic E-state index is 2.37. The average molecular weight is 665 g/mol. The summed E-state index contributed by atoms with van der Waals surface area (Å²) < 4.78 is 0. The first-order chi connectivity index (χ1) is 25.8. The van der Waals surface area contributed by atoms with Crippen LogP contribution >= 0.6 is 0 Å². The quantitative estimate of drug-likeness (QED) is 0.159. The van der Waals surface area contributed by atoms with E-state index in [4.69, 9.17) is 0 Å². The number of fused-ring (bicyclic) bond motifs is 2. The molecule has 0 bridgehead atoms. The molecule has 0 saturated carbocycles. The number of rotatable bonds is 8. The van der Waals surface area contributed by atoms with Crippen LogP contribution in [0.3, 0.4) is 0 Å². The summed E-state index contributed by atoms with van der Waals surface area (Å²) in [7, 11) is 0. The highest BCUT2D eigenvalue weighted by Crippen LogP contribution is 2.41. The summed E-state index contributed by atoms with van der Waals surface area (Å²) in [5, 5.41) is 4.91. The van der Waals surface area contributed by atoms with Crippen molar-refractivity contribution in [2.45, 2.75) is 0 Å². The molecular weight excluding hydrogens is 629 g/mol. The molecule has 0 radical (unpaired) electrons. The van der Waals surface area contributed by atoms with Gasteiger partial charge in [0.2, 0.25) is 0 Å². The zero-order valence-electron chi connectivity index (χ0n) is 28.7. The fourth-order valence-electron chi connectivity index (χ4n) is 7.32. The van der Waals surface area contributed by atoms with Gasteiger partial charge in [-0.25, -0.2) is 0 Å². The van der Waals surface area contributed by atoms with Crippen molar-refractivity contribution in [3.05, 3.63) is 218 Å². The summed E-state index contributed by atoms with van der Waals surface area (Å²) >= 11 is 0. The Kier molecular flexibility index (Phi) is 8.24. The van der Waals surface area contributed by atoms with Gasteiger partial charge in [-0.1, -0.05) is 146 Å². The predicted molar refractivity (Wildman–Crippen MR) is 222 cm³/mol. The summed E-state index contributed by atoms with van der Waals surface area (Å²) in [4.78, 5) is 4.66. The average Bonchev–Trinajstić information content (AvgIpc) is 3.22. The van der Waals surface area contributed by atoms with Gasteiger partial charge in [0, 0.05) is 33.8 Å². The Morgan fingerprint density at radius 2 is 0.712 bits per heavy atom. The first-order valence-corrected chi connectivity index (χ1v) is 17.8. The first-order valence-electron chi connectivity index (χ1n) is 17.8. The lowest BCUT2D eigenvalue weighted by Crippen LogP contribution is -2.10. The summed E-state index contributed by atoms with van der Waals surface area (Å²) in [6.45, 7) is 0. The van der Waals surface area contributed by atoms with Crippen LogP contribution in [0.1, 0.15) is 0 Å². The molecule has 0 N–H and O–H groups in total. The van der Waals surface area contributed by atoms with Crippen molar-refractivity contribution in [2.24, 2.45) is 0 Å². The largest absolute Gasteiger partial charge is 0.311 e. The second-order valence-electron chi connectivity index (χ2n) is 13.0. The van der Waals surface area contributed by atoms with Crippen molar-refractivity contribution in [1.82, 2.24) is 0 Å². The van der Waals surface area contributed by atoms with E-state index in [-0.39, 0.29) is 0 Å². The van der Waals surface area contributed by atoms with Gasteiger partial charge >= 0.3 is 0 Å². The van der Waals surface area contributed by atoms with Gasteiger partial charge in [0.15, 0.2) is 0 Å². The second-order valence-corrected chi connectivity index (χ2v) is 13.0. The van der Waals surface area contributed by atoms with Crippen molar-refractivity contribution < 1.29 is 0 Å². The van der Waals surface area contributed by atoms with Crippen molar-refractivity contribution in [2.75, 3.05) is 9.80 Å². The first kappa shape index (κ1) is 31.1. The van der Waals surface area contributed by atoms with Crippen LogP contribution in [-0.4, -0.2) is 0 Å². The zero-order valence-corrected chi connectivity index (χ0v) is 28.7. The normalized spacial score (nSPS) is 11.1. The third-order valence-corrected chi connectivity index (χ3v) is 9.83. The van der Waals surface area contributed by atoms with Gasteiger partial charge in [-0.2, -0.15) is 0 Å². The minimum atomic E-state index is 1.11. The molecule has 0 aromatic heterocycles. The fourth-order valence-corrected chi connectivity index (χ4v) is 7.32. The number of para-hydroxylation sites is 3. The van der Waals surface area contributed by atoms with Gasteiger partial charge in [-0.3, -0.25) is 0 Å². The standard InChI is InChI=1S/C50H36N2/c1-4-17-42(18-5-1)51(43-19-6-2-7-20-43)45-31-26-37(27-32-45)40-30-35-49-41(36-40)16-13-25-50(49)52(44-21-8-3-9-22-44)46-33-28-39(29-34-46)48-24-12-15-38-14-10-11-23-47(38)48/h1-36H.